The van der Waals surface area contributed by atoms with Crippen molar-refractivity contribution in [2.45, 2.75) is 64.6 Å². The number of anilines is 1. The molecule has 0 bridgehead atoms. The fourth-order valence-electron chi connectivity index (χ4n) is 4.58. The van der Waals surface area contributed by atoms with Crippen LogP contribution in [0.4, 0.5) is 5.69 Å². The summed E-state index contributed by atoms with van der Waals surface area (Å²) in [6, 6.07) is 13.4. The molecule has 34 heavy (non-hydrogen) atoms. The monoisotopic (exact) mass is 459 g/mol. The Labute approximate surface area is 201 Å². The number of carbonyl (C=O) groups is 3. The molecule has 2 aliphatic rings. The number of fused-ring (bicyclic) bond motifs is 1. The van der Waals surface area contributed by atoms with E-state index < -0.39 is 0 Å². The van der Waals surface area contributed by atoms with Gasteiger partial charge >= 0.3 is 0 Å². The molecule has 0 spiro atoms. The highest BCUT2D eigenvalue weighted by atomic mass is 16.2. The van der Waals surface area contributed by atoms with Crippen LogP contribution in [0.5, 0.6) is 0 Å². The van der Waals surface area contributed by atoms with Gasteiger partial charge in [0.05, 0.1) is 12.6 Å². The largest absolute Gasteiger partial charge is 0.376 e. The van der Waals surface area contributed by atoms with Gasteiger partial charge in [-0.3, -0.25) is 14.4 Å². The van der Waals surface area contributed by atoms with Crippen molar-refractivity contribution in [2.24, 2.45) is 0 Å². The molecule has 0 saturated heterocycles. The highest BCUT2D eigenvalue weighted by molar-refractivity contribution is 6.02. The number of benzene rings is 2. The first-order chi connectivity index (χ1) is 16.1. The molecule has 0 radical (unpaired) electrons. The first-order valence-electron chi connectivity index (χ1n) is 11.8. The van der Waals surface area contributed by atoms with Crippen LogP contribution in [0, 0.1) is 0 Å². The van der Waals surface area contributed by atoms with Gasteiger partial charge in [0.2, 0.25) is 5.91 Å². The summed E-state index contributed by atoms with van der Waals surface area (Å²) in [6.45, 7) is 11.4. The number of rotatable bonds is 6. The average molecular weight is 460 g/mol. The van der Waals surface area contributed by atoms with Crippen molar-refractivity contribution in [1.82, 2.24) is 10.2 Å². The average Bonchev–Trinajstić information content (AvgIpc) is 3.11. The number of ketones is 1. The predicted octanol–water partition coefficient (Wildman–Crippen LogP) is 4.35. The number of hydrogen-bond donors (Lipinski definition) is 2. The maximum absolute atomic E-state index is 12.9. The molecule has 1 aliphatic heterocycles. The third kappa shape index (κ3) is 5.22. The fourth-order valence-corrected chi connectivity index (χ4v) is 4.58. The second-order valence-corrected chi connectivity index (χ2v) is 10.3. The van der Waals surface area contributed by atoms with Crippen LogP contribution < -0.4 is 10.6 Å². The minimum atomic E-state index is -0.364. The summed E-state index contributed by atoms with van der Waals surface area (Å²) < 4.78 is 0. The number of Topliss-reactive ketones (excluding diaryl/α,β-unsaturated/α-hetero) is 1. The number of carbonyl (C=O) groups excluding carboxylic acids is 3. The Morgan fingerprint density at radius 3 is 2.53 bits per heavy atom. The van der Waals surface area contributed by atoms with Crippen molar-refractivity contribution in [1.29, 1.82) is 0 Å². The van der Waals surface area contributed by atoms with E-state index in [1.54, 1.807) is 11.0 Å². The molecule has 2 N–H and O–H groups in total. The van der Waals surface area contributed by atoms with Gasteiger partial charge in [-0.05, 0) is 53.1 Å². The van der Waals surface area contributed by atoms with E-state index in [2.05, 4.69) is 50.1 Å². The summed E-state index contributed by atoms with van der Waals surface area (Å²) in [6.07, 6.45) is 1.78. The van der Waals surface area contributed by atoms with Crippen molar-refractivity contribution < 1.29 is 14.4 Å². The molecule has 2 aromatic carbocycles. The number of amides is 2. The van der Waals surface area contributed by atoms with Gasteiger partial charge < -0.3 is 15.5 Å². The van der Waals surface area contributed by atoms with E-state index in [1.165, 1.54) is 5.56 Å². The van der Waals surface area contributed by atoms with Gasteiger partial charge in [0.1, 0.15) is 0 Å². The third-order valence-corrected chi connectivity index (χ3v) is 6.64. The van der Waals surface area contributed by atoms with E-state index in [0.717, 1.165) is 28.8 Å². The van der Waals surface area contributed by atoms with Crippen molar-refractivity contribution in [3.63, 3.8) is 0 Å². The molecular formula is C28H33N3O3. The van der Waals surface area contributed by atoms with E-state index in [1.807, 2.05) is 24.3 Å². The van der Waals surface area contributed by atoms with Crippen molar-refractivity contribution in [3.8, 4) is 0 Å². The Kier molecular flexibility index (Phi) is 6.60. The van der Waals surface area contributed by atoms with E-state index in [4.69, 9.17) is 0 Å². The smallest absolute Gasteiger partial charge is 0.255 e. The maximum atomic E-state index is 12.9. The molecule has 1 aliphatic carbocycles. The number of hydrogen-bond acceptors (Lipinski definition) is 4. The number of allylic oxidation sites excluding steroid dienone is 1. The number of nitrogens with zero attached hydrogens (tertiary/aromatic N) is 1. The molecule has 6 heteroatoms. The Morgan fingerprint density at radius 1 is 1.12 bits per heavy atom. The van der Waals surface area contributed by atoms with Gasteiger partial charge in [0.15, 0.2) is 5.78 Å². The Balaban J connectivity index is 1.30. The van der Waals surface area contributed by atoms with Gasteiger partial charge in [0, 0.05) is 30.8 Å². The Hall–Kier alpha value is -3.41. The summed E-state index contributed by atoms with van der Waals surface area (Å²) in [7, 11) is 0. The quantitative estimate of drug-likeness (QED) is 0.630. The van der Waals surface area contributed by atoms with Crippen LogP contribution >= 0.6 is 0 Å². The second kappa shape index (κ2) is 9.45. The molecule has 1 saturated carbocycles. The zero-order valence-electron chi connectivity index (χ0n) is 20.2. The molecule has 6 nitrogen and oxygen atoms in total. The molecular weight excluding hydrogens is 426 g/mol. The standard InChI is InChI=1S/C28H33N3O3/c1-18-5-12-24(25(32)13-18)31-17-20-14-19(6-11-23(20)27(31)34)15-30-26(33)16-29-22-9-7-21(8-10-22)28(2,3)4/h6-11,14,24,29H,1,5,12-13,15-17H2,2-4H3,(H,30,33). The van der Waals surface area contributed by atoms with Crippen LogP contribution in [0.1, 0.15) is 67.1 Å². The molecule has 1 fully saturated rings. The molecule has 0 aromatic heterocycles. The van der Waals surface area contributed by atoms with E-state index >= 15 is 0 Å². The zero-order valence-corrected chi connectivity index (χ0v) is 20.2. The first-order valence-corrected chi connectivity index (χ1v) is 11.8. The summed E-state index contributed by atoms with van der Waals surface area (Å²) in [5.41, 5.74) is 5.67. The molecule has 2 amide bonds. The lowest BCUT2D eigenvalue weighted by atomic mass is 9.87. The Morgan fingerprint density at radius 2 is 1.85 bits per heavy atom. The van der Waals surface area contributed by atoms with Crippen LogP contribution in [0.2, 0.25) is 0 Å². The molecule has 1 atom stereocenters. The normalized spacial score (nSPS) is 18.1. The van der Waals surface area contributed by atoms with Gasteiger partial charge in [-0.1, -0.05) is 57.2 Å². The number of nitrogens with one attached hydrogen (secondary N) is 2. The molecule has 4 rings (SSSR count). The minimum Gasteiger partial charge on any atom is -0.376 e. The van der Waals surface area contributed by atoms with Crippen LogP contribution in [0.3, 0.4) is 0 Å². The van der Waals surface area contributed by atoms with Crippen LogP contribution in [0.25, 0.3) is 0 Å². The fraction of sp³-hybridized carbons (Fsp3) is 0.393. The van der Waals surface area contributed by atoms with Gasteiger partial charge in [-0.2, -0.15) is 0 Å². The third-order valence-electron chi connectivity index (χ3n) is 6.64. The maximum Gasteiger partial charge on any atom is 0.255 e. The summed E-state index contributed by atoms with van der Waals surface area (Å²) in [5.74, 6) is -0.116. The van der Waals surface area contributed by atoms with Crippen molar-refractivity contribution in [3.05, 3.63) is 76.9 Å². The van der Waals surface area contributed by atoms with Crippen molar-refractivity contribution in [2.75, 3.05) is 11.9 Å². The summed E-state index contributed by atoms with van der Waals surface area (Å²) >= 11 is 0. The minimum absolute atomic E-state index is 0.0745. The second-order valence-electron chi connectivity index (χ2n) is 10.3. The topological polar surface area (TPSA) is 78.5 Å². The van der Waals surface area contributed by atoms with Gasteiger partial charge in [-0.25, -0.2) is 0 Å². The SMILES string of the molecule is C=C1CCC(N2Cc3cc(CNC(=O)CNc4ccc(C(C)(C)C)cc4)ccc3C2=O)C(=O)C1. The lowest BCUT2D eigenvalue weighted by Gasteiger charge is -2.30. The zero-order chi connectivity index (χ0) is 24.5. The summed E-state index contributed by atoms with van der Waals surface area (Å²) in [4.78, 5) is 39.4. The van der Waals surface area contributed by atoms with Crippen molar-refractivity contribution >= 4 is 23.3 Å². The van der Waals surface area contributed by atoms with Gasteiger partial charge in [0.25, 0.3) is 5.91 Å². The molecule has 178 valence electrons. The highest BCUT2D eigenvalue weighted by Gasteiger charge is 2.37. The molecule has 1 unspecified atom stereocenters. The molecule has 2 aromatic rings. The van der Waals surface area contributed by atoms with E-state index in [-0.39, 0.29) is 35.6 Å². The van der Waals surface area contributed by atoms with Gasteiger partial charge in [-0.15, -0.1) is 0 Å². The molecule has 1 heterocycles. The predicted molar refractivity (Wildman–Crippen MR) is 134 cm³/mol. The van der Waals surface area contributed by atoms with Crippen LogP contribution in [0.15, 0.2) is 54.6 Å². The lowest BCUT2D eigenvalue weighted by molar-refractivity contribution is -0.124. The van der Waals surface area contributed by atoms with Crippen LogP contribution in [-0.4, -0.2) is 35.1 Å². The van der Waals surface area contributed by atoms with Crippen LogP contribution in [-0.2, 0) is 28.1 Å². The van der Waals surface area contributed by atoms with E-state index in [9.17, 15) is 14.4 Å². The Bertz CT molecular complexity index is 1130. The highest BCUT2D eigenvalue weighted by Crippen LogP contribution is 2.31. The lowest BCUT2D eigenvalue weighted by Crippen LogP contribution is -2.43. The first kappa shape index (κ1) is 23.7. The van der Waals surface area contributed by atoms with E-state index in [0.29, 0.717) is 31.5 Å². The summed E-state index contributed by atoms with van der Waals surface area (Å²) in [5, 5.41) is 6.08.